The van der Waals surface area contributed by atoms with Crippen molar-refractivity contribution in [2.45, 2.75) is 4.90 Å². The lowest BCUT2D eigenvalue weighted by molar-refractivity contribution is -0.123. The summed E-state index contributed by atoms with van der Waals surface area (Å²) in [5, 5.41) is 2.35. The van der Waals surface area contributed by atoms with Crippen LogP contribution in [0.2, 0.25) is 0 Å². The molecule has 9 nitrogen and oxygen atoms in total. The number of hydrogen-bond donors (Lipinski definition) is 1. The molecule has 0 unspecified atom stereocenters. The average molecular weight is 385 g/mol. The summed E-state index contributed by atoms with van der Waals surface area (Å²) in [5.74, 6) is -1.21. The number of amides is 1. The summed E-state index contributed by atoms with van der Waals surface area (Å²) >= 11 is 0. The van der Waals surface area contributed by atoms with Crippen LogP contribution in [0.15, 0.2) is 23.1 Å². The predicted octanol–water partition coefficient (Wildman–Crippen LogP) is -0.324. The third-order valence-electron chi connectivity index (χ3n) is 3.93. The van der Waals surface area contributed by atoms with Crippen molar-refractivity contribution in [3.63, 3.8) is 0 Å². The van der Waals surface area contributed by atoms with Crippen LogP contribution < -0.4 is 10.2 Å². The zero-order valence-electron chi connectivity index (χ0n) is 15.0. The number of rotatable bonds is 6. The number of sulfonamides is 1. The number of benzene rings is 1. The number of carbonyl (C=O) groups excluding carboxylic acids is 2. The van der Waals surface area contributed by atoms with Crippen LogP contribution in [0.5, 0.6) is 0 Å². The highest BCUT2D eigenvalue weighted by molar-refractivity contribution is 7.89. The van der Waals surface area contributed by atoms with Crippen molar-refractivity contribution in [3.8, 4) is 0 Å². The third kappa shape index (κ3) is 4.51. The molecule has 0 bridgehead atoms. The first-order valence-corrected chi connectivity index (χ1v) is 9.48. The molecule has 0 radical (unpaired) electrons. The first-order valence-electron chi connectivity index (χ1n) is 8.04. The van der Waals surface area contributed by atoms with Gasteiger partial charge in [-0.1, -0.05) is 0 Å². The topological polar surface area (TPSA) is 105 Å². The molecule has 10 heteroatoms. The Bertz CT molecular complexity index is 772. The van der Waals surface area contributed by atoms with E-state index < -0.39 is 28.5 Å². The minimum Gasteiger partial charge on any atom is -0.452 e. The minimum atomic E-state index is -3.71. The van der Waals surface area contributed by atoms with Crippen LogP contribution in [-0.2, 0) is 24.3 Å². The molecule has 0 aromatic heterocycles. The van der Waals surface area contributed by atoms with Gasteiger partial charge in [-0.25, -0.2) is 17.5 Å². The molecule has 1 saturated heterocycles. The molecule has 1 N–H and O–H groups in total. The van der Waals surface area contributed by atoms with Crippen molar-refractivity contribution in [1.82, 2.24) is 9.62 Å². The van der Waals surface area contributed by atoms with Gasteiger partial charge in [0.25, 0.3) is 5.91 Å². The van der Waals surface area contributed by atoms with Crippen LogP contribution in [0.1, 0.15) is 10.4 Å². The van der Waals surface area contributed by atoms with E-state index in [1.807, 2.05) is 4.90 Å². The van der Waals surface area contributed by atoms with Crippen LogP contribution in [0.3, 0.4) is 0 Å². The SMILES string of the molecule is CNC(=O)COC(=O)c1cc(S(=O)(=O)N(C)C)ccc1N1CCOCC1. The van der Waals surface area contributed by atoms with Crippen molar-refractivity contribution < 1.29 is 27.5 Å². The number of likely N-dealkylation sites (N-methyl/N-ethyl adjacent to an activating group) is 1. The fraction of sp³-hybridized carbons (Fsp3) is 0.500. The molecule has 26 heavy (non-hydrogen) atoms. The van der Waals surface area contributed by atoms with Gasteiger partial charge in [0.2, 0.25) is 10.0 Å². The number of morpholine rings is 1. The van der Waals surface area contributed by atoms with Crippen molar-refractivity contribution in [3.05, 3.63) is 23.8 Å². The molecule has 1 fully saturated rings. The molecule has 0 saturated carbocycles. The maximum Gasteiger partial charge on any atom is 0.340 e. The Hall–Kier alpha value is -2.17. The zero-order chi connectivity index (χ0) is 19.3. The zero-order valence-corrected chi connectivity index (χ0v) is 15.8. The number of nitrogens with one attached hydrogen (secondary N) is 1. The van der Waals surface area contributed by atoms with Crippen molar-refractivity contribution in [2.24, 2.45) is 0 Å². The first kappa shape index (κ1) is 20.1. The van der Waals surface area contributed by atoms with Gasteiger partial charge >= 0.3 is 5.97 Å². The highest BCUT2D eigenvalue weighted by Crippen LogP contribution is 2.27. The first-order chi connectivity index (χ1) is 12.3. The van der Waals surface area contributed by atoms with Gasteiger partial charge in [0, 0.05) is 34.2 Å². The second kappa shape index (κ2) is 8.47. The number of nitrogens with zero attached hydrogens (tertiary/aromatic N) is 2. The van der Waals surface area contributed by atoms with Gasteiger partial charge in [-0.05, 0) is 18.2 Å². The number of carbonyl (C=O) groups is 2. The van der Waals surface area contributed by atoms with Gasteiger partial charge in [-0.2, -0.15) is 0 Å². The summed E-state index contributed by atoms with van der Waals surface area (Å²) in [6.07, 6.45) is 0. The highest BCUT2D eigenvalue weighted by atomic mass is 32.2. The molecule has 144 valence electrons. The predicted molar refractivity (Wildman–Crippen MR) is 94.7 cm³/mol. The van der Waals surface area contributed by atoms with Gasteiger partial charge in [-0.3, -0.25) is 4.79 Å². The number of esters is 1. The molecule has 0 spiro atoms. The molecular weight excluding hydrogens is 362 g/mol. The van der Waals surface area contributed by atoms with Crippen LogP contribution in [0.25, 0.3) is 0 Å². The van der Waals surface area contributed by atoms with Crippen LogP contribution in [0, 0.1) is 0 Å². The standard InChI is InChI=1S/C16H23N3O6S/c1-17-15(20)11-25-16(21)13-10-12(26(22,23)18(2)3)4-5-14(13)19-6-8-24-9-7-19/h4-5,10H,6-9,11H2,1-3H3,(H,17,20). The third-order valence-corrected chi connectivity index (χ3v) is 5.74. The van der Waals surface area contributed by atoms with Gasteiger partial charge in [-0.15, -0.1) is 0 Å². The monoisotopic (exact) mass is 385 g/mol. The van der Waals surface area contributed by atoms with E-state index in [1.165, 1.54) is 33.3 Å². The van der Waals surface area contributed by atoms with Crippen molar-refractivity contribution >= 4 is 27.6 Å². The maximum atomic E-state index is 12.5. The summed E-state index contributed by atoms with van der Waals surface area (Å²) in [7, 11) is 0.540. The Morgan fingerprint density at radius 3 is 2.50 bits per heavy atom. The van der Waals surface area contributed by atoms with Gasteiger partial charge in [0.15, 0.2) is 6.61 Å². The summed E-state index contributed by atoms with van der Waals surface area (Å²) < 4.78 is 36.2. The van der Waals surface area contributed by atoms with E-state index in [0.717, 1.165) is 4.31 Å². The van der Waals surface area contributed by atoms with E-state index in [-0.39, 0.29) is 10.5 Å². The minimum absolute atomic E-state index is 0.0218. The quantitative estimate of drug-likeness (QED) is 0.669. The lowest BCUT2D eigenvalue weighted by atomic mass is 10.1. The summed E-state index contributed by atoms with van der Waals surface area (Å²) in [4.78, 5) is 25.7. The molecule has 0 atom stereocenters. The Morgan fingerprint density at radius 2 is 1.92 bits per heavy atom. The molecule has 2 rings (SSSR count). The van der Waals surface area contributed by atoms with Crippen LogP contribution in [0.4, 0.5) is 5.69 Å². The Kier molecular flexibility index (Phi) is 6.57. The molecule has 1 aromatic rings. The second-order valence-electron chi connectivity index (χ2n) is 5.82. The van der Waals surface area contributed by atoms with Gasteiger partial charge in [0.05, 0.1) is 29.4 Å². The van der Waals surface area contributed by atoms with E-state index in [1.54, 1.807) is 6.07 Å². The van der Waals surface area contributed by atoms with Crippen molar-refractivity contribution in [1.29, 1.82) is 0 Å². The lowest BCUT2D eigenvalue weighted by Gasteiger charge is -2.30. The normalized spacial score (nSPS) is 15.0. The van der Waals surface area contributed by atoms with E-state index in [2.05, 4.69) is 5.32 Å². The number of anilines is 1. The van der Waals surface area contributed by atoms with E-state index >= 15 is 0 Å². The maximum absolute atomic E-state index is 12.5. The highest BCUT2D eigenvalue weighted by Gasteiger charge is 2.25. The molecule has 1 aromatic carbocycles. The van der Waals surface area contributed by atoms with Gasteiger partial charge in [0.1, 0.15) is 0 Å². The second-order valence-corrected chi connectivity index (χ2v) is 7.97. The number of hydrogen-bond acceptors (Lipinski definition) is 7. The smallest absolute Gasteiger partial charge is 0.340 e. The van der Waals surface area contributed by atoms with E-state index in [9.17, 15) is 18.0 Å². The van der Waals surface area contributed by atoms with Crippen molar-refractivity contribution in [2.75, 3.05) is 59.0 Å². The molecular formula is C16H23N3O6S. The fourth-order valence-corrected chi connectivity index (χ4v) is 3.34. The summed E-state index contributed by atoms with van der Waals surface area (Å²) in [5.41, 5.74) is 0.645. The van der Waals surface area contributed by atoms with Crippen LogP contribution >= 0.6 is 0 Å². The molecule has 1 aliphatic rings. The van der Waals surface area contributed by atoms with Gasteiger partial charge < -0.3 is 19.7 Å². The van der Waals surface area contributed by atoms with E-state index in [4.69, 9.17) is 9.47 Å². The molecule has 1 amide bonds. The Labute approximate surface area is 152 Å². The van der Waals surface area contributed by atoms with Crippen LogP contribution in [-0.4, -0.2) is 78.7 Å². The largest absolute Gasteiger partial charge is 0.452 e. The molecule has 0 aliphatic carbocycles. The average Bonchev–Trinajstić information content (AvgIpc) is 2.65. The van der Waals surface area contributed by atoms with E-state index in [0.29, 0.717) is 32.0 Å². The fourth-order valence-electron chi connectivity index (χ4n) is 2.41. The summed E-state index contributed by atoms with van der Waals surface area (Å²) in [6.45, 7) is 1.70. The Morgan fingerprint density at radius 1 is 1.27 bits per heavy atom. The lowest BCUT2D eigenvalue weighted by Crippen LogP contribution is -2.37. The Balaban J connectivity index is 2.41. The number of ether oxygens (including phenoxy) is 2. The summed E-state index contributed by atoms with van der Waals surface area (Å²) in [6, 6.07) is 4.32. The molecule has 1 heterocycles. The molecule has 1 aliphatic heterocycles.